The number of rotatable bonds is 5. The van der Waals surface area contributed by atoms with Crippen LogP contribution in [0, 0.1) is 5.92 Å². The molecule has 0 aliphatic heterocycles. The van der Waals surface area contributed by atoms with Crippen molar-refractivity contribution in [2.75, 3.05) is 7.11 Å². The zero-order valence-corrected chi connectivity index (χ0v) is 16.4. The summed E-state index contributed by atoms with van der Waals surface area (Å²) in [6, 6.07) is 9.43. The number of pyridine rings is 1. The number of nitrogens with zero attached hydrogens (tertiary/aromatic N) is 4. The first-order valence-corrected chi connectivity index (χ1v) is 9.62. The number of ether oxygens (including phenoxy) is 1. The Morgan fingerprint density at radius 3 is 2.79 bits per heavy atom. The summed E-state index contributed by atoms with van der Waals surface area (Å²) in [5, 5.41) is 1.52. The number of imidazole rings is 1. The number of aldehydes is 1. The molecule has 28 heavy (non-hydrogen) atoms. The van der Waals surface area contributed by atoms with Crippen molar-refractivity contribution in [1.82, 2.24) is 19.1 Å². The summed E-state index contributed by atoms with van der Waals surface area (Å²) in [5.74, 6) is 2.11. The summed E-state index contributed by atoms with van der Waals surface area (Å²) in [6.07, 6.45) is 3.28. The third-order valence-electron chi connectivity index (χ3n) is 5.39. The number of carbonyl (C=O) groups is 1. The molecule has 7 heteroatoms. The molecule has 0 bridgehead atoms. The largest absolute Gasteiger partial charge is 0.494 e. The van der Waals surface area contributed by atoms with Gasteiger partial charge in [-0.1, -0.05) is 11.6 Å². The molecule has 0 spiro atoms. The Hall–Kier alpha value is -2.86. The first-order chi connectivity index (χ1) is 13.6. The van der Waals surface area contributed by atoms with E-state index in [1.165, 1.54) is 12.8 Å². The number of methoxy groups -OCH3 is 1. The molecule has 5 rings (SSSR count). The highest BCUT2D eigenvalue weighted by molar-refractivity contribution is 6.29. The Kier molecular flexibility index (Phi) is 3.91. The molecule has 1 aliphatic carbocycles. The zero-order chi connectivity index (χ0) is 19.4. The van der Waals surface area contributed by atoms with Gasteiger partial charge in [0.25, 0.3) is 0 Å². The molecule has 0 saturated heterocycles. The monoisotopic (exact) mass is 394 g/mol. The highest BCUT2D eigenvalue weighted by Crippen LogP contribution is 2.37. The third-order valence-corrected chi connectivity index (χ3v) is 5.60. The van der Waals surface area contributed by atoms with Crippen LogP contribution in [0.1, 0.15) is 23.2 Å². The van der Waals surface area contributed by atoms with Gasteiger partial charge in [0, 0.05) is 24.5 Å². The summed E-state index contributed by atoms with van der Waals surface area (Å²) in [7, 11) is 3.57. The van der Waals surface area contributed by atoms with E-state index in [9.17, 15) is 4.79 Å². The zero-order valence-electron chi connectivity index (χ0n) is 15.6. The predicted octanol–water partition coefficient (Wildman–Crippen LogP) is 4.47. The van der Waals surface area contributed by atoms with Gasteiger partial charge in [-0.2, -0.15) is 0 Å². The minimum absolute atomic E-state index is 0.483. The van der Waals surface area contributed by atoms with Crippen molar-refractivity contribution in [1.29, 1.82) is 0 Å². The Labute approximate surface area is 166 Å². The molecule has 1 aromatic carbocycles. The van der Waals surface area contributed by atoms with Gasteiger partial charge in [0.1, 0.15) is 28.4 Å². The fourth-order valence-electron chi connectivity index (χ4n) is 3.82. The Morgan fingerprint density at radius 2 is 2.07 bits per heavy atom. The van der Waals surface area contributed by atoms with E-state index >= 15 is 0 Å². The Balaban J connectivity index is 1.79. The van der Waals surface area contributed by atoms with Crippen LogP contribution in [0.4, 0.5) is 0 Å². The van der Waals surface area contributed by atoms with Gasteiger partial charge < -0.3 is 13.9 Å². The van der Waals surface area contributed by atoms with Gasteiger partial charge in [-0.15, -0.1) is 0 Å². The van der Waals surface area contributed by atoms with Crippen LogP contribution in [0.5, 0.6) is 5.75 Å². The fraction of sp³-hybridized carbons (Fsp3) is 0.286. The van der Waals surface area contributed by atoms with Gasteiger partial charge in [0.15, 0.2) is 5.82 Å². The third kappa shape index (κ3) is 2.67. The molecule has 0 unspecified atom stereocenters. The van der Waals surface area contributed by atoms with Gasteiger partial charge >= 0.3 is 0 Å². The molecule has 1 fully saturated rings. The molecule has 0 N–H and O–H groups in total. The first-order valence-electron chi connectivity index (χ1n) is 9.25. The smallest absolute Gasteiger partial charge is 0.157 e. The van der Waals surface area contributed by atoms with Gasteiger partial charge in [-0.25, -0.2) is 9.97 Å². The summed E-state index contributed by atoms with van der Waals surface area (Å²) < 4.78 is 9.75. The van der Waals surface area contributed by atoms with E-state index in [-0.39, 0.29) is 0 Å². The van der Waals surface area contributed by atoms with Gasteiger partial charge in [0.05, 0.1) is 18.3 Å². The molecular weight excluding hydrogens is 376 g/mol. The molecule has 1 saturated carbocycles. The van der Waals surface area contributed by atoms with Crippen LogP contribution in [0.2, 0.25) is 5.15 Å². The quantitative estimate of drug-likeness (QED) is 0.370. The summed E-state index contributed by atoms with van der Waals surface area (Å²) >= 11 is 6.17. The van der Waals surface area contributed by atoms with E-state index in [1.807, 2.05) is 23.7 Å². The van der Waals surface area contributed by atoms with Crippen LogP contribution in [0.3, 0.4) is 0 Å². The standard InChI is InChI=1S/C21H19ClN4O2/c1-25-19-15(7-13(11-27)8-17(19)28-2)23-21(25)16-9-14-5-6-18(22)24-20(14)26(16)10-12-3-4-12/h5-9,11-12H,3-4,10H2,1-2H3. The fourth-order valence-corrected chi connectivity index (χ4v) is 3.96. The van der Waals surface area contributed by atoms with Crippen molar-refractivity contribution in [3.63, 3.8) is 0 Å². The van der Waals surface area contributed by atoms with E-state index < -0.39 is 0 Å². The van der Waals surface area contributed by atoms with Crippen LogP contribution in [0.15, 0.2) is 30.3 Å². The van der Waals surface area contributed by atoms with Crippen LogP contribution in [-0.4, -0.2) is 32.5 Å². The van der Waals surface area contributed by atoms with Crippen molar-refractivity contribution in [2.24, 2.45) is 13.0 Å². The van der Waals surface area contributed by atoms with E-state index in [1.54, 1.807) is 19.2 Å². The van der Waals surface area contributed by atoms with E-state index in [0.29, 0.717) is 22.4 Å². The molecule has 0 radical (unpaired) electrons. The molecule has 142 valence electrons. The molecule has 1 aliphatic rings. The predicted molar refractivity (Wildman–Crippen MR) is 109 cm³/mol. The van der Waals surface area contributed by atoms with Gasteiger partial charge in [-0.3, -0.25) is 4.79 Å². The lowest BCUT2D eigenvalue weighted by Crippen LogP contribution is -2.05. The number of hydrogen-bond acceptors (Lipinski definition) is 4. The van der Waals surface area contributed by atoms with Crippen molar-refractivity contribution < 1.29 is 9.53 Å². The maximum Gasteiger partial charge on any atom is 0.157 e. The van der Waals surface area contributed by atoms with E-state index in [0.717, 1.165) is 46.4 Å². The molecule has 6 nitrogen and oxygen atoms in total. The second-order valence-electron chi connectivity index (χ2n) is 7.33. The topological polar surface area (TPSA) is 61.9 Å². The van der Waals surface area contributed by atoms with Crippen molar-refractivity contribution in [3.05, 3.63) is 41.0 Å². The summed E-state index contributed by atoms with van der Waals surface area (Å²) in [5.41, 5.74) is 4.00. The number of carbonyl (C=O) groups excluding carboxylic acids is 1. The van der Waals surface area contributed by atoms with Crippen LogP contribution < -0.4 is 4.74 Å². The van der Waals surface area contributed by atoms with E-state index in [4.69, 9.17) is 21.3 Å². The average Bonchev–Trinajstić information content (AvgIpc) is 3.37. The molecule has 0 amide bonds. The highest BCUT2D eigenvalue weighted by Gasteiger charge is 2.26. The second kappa shape index (κ2) is 6.34. The van der Waals surface area contributed by atoms with Crippen LogP contribution in [0.25, 0.3) is 33.6 Å². The minimum Gasteiger partial charge on any atom is -0.494 e. The number of aryl methyl sites for hydroxylation is 1. The molecule has 0 atom stereocenters. The number of aromatic nitrogens is 4. The number of halogens is 1. The SMILES string of the molecule is COc1cc(C=O)cc2nc(-c3cc4ccc(Cl)nc4n3CC3CC3)n(C)c12. The van der Waals surface area contributed by atoms with Crippen molar-refractivity contribution in [2.45, 2.75) is 19.4 Å². The number of hydrogen-bond donors (Lipinski definition) is 0. The summed E-state index contributed by atoms with van der Waals surface area (Å²) in [4.78, 5) is 20.7. The number of benzene rings is 1. The minimum atomic E-state index is 0.483. The summed E-state index contributed by atoms with van der Waals surface area (Å²) in [6.45, 7) is 0.895. The highest BCUT2D eigenvalue weighted by atomic mass is 35.5. The van der Waals surface area contributed by atoms with Gasteiger partial charge in [0.2, 0.25) is 0 Å². The van der Waals surface area contributed by atoms with Gasteiger partial charge in [-0.05, 0) is 49.1 Å². The Morgan fingerprint density at radius 1 is 1.25 bits per heavy atom. The van der Waals surface area contributed by atoms with Crippen molar-refractivity contribution >= 4 is 40.0 Å². The van der Waals surface area contributed by atoms with Crippen molar-refractivity contribution in [3.8, 4) is 17.3 Å². The average molecular weight is 395 g/mol. The molecule has 3 aromatic heterocycles. The van der Waals surface area contributed by atoms with E-state index in [2.05, 4.69) is 15.6 Å². The maximum absolute atomic E-state index is 11.3. The van der Waals surface area contributed by atoms with Crippen LogP contribution >= 0.6 is 11.6 Å². The lowest BCUT2D eigenvalue weighted by Gasteiger charge is -2.10. The molecule has 3 heterocycles. The maximum atomic E-state index is 11.3. The normalized spacial score (nSPS) is 14.1. The Bertz CT molecular complexity index is 1240. The number of fused-ring (bicyclic) bond motifs is 2. The lowest BCUT2D eigenvalue weighted by molar-refractivity contribution is 0.112. The molecule has 4 aromatic rings. The lowest BCUT2D eigenvalue weighted by atomic mass is 10.2. The molecular formula is C21H19ClN4O2. The second-order valence-corrected chi connectivity index (χ2v) is 7.72. The first kappa shape index (κ1) is 17.3. The van der Waals surface area contributed by atoms with Crippen LogP contribution in [-0.2, 0) is 13.6 Å².